The van der Waals surface area contributed by atoms with Crippen LogP contribution in [-0.4, -0.2) is 45.2 Å². The summed E-state index contributed by atoms with van der Waals surface area (Å²) in [5, 5.41) is 10.7. The number of sulfonamides is 1. The number of nitrogens with one attached hydrogen (secondary N) is 1. The van der Waals surface area contributed by atoms with Crippen LogP contribution in [0.5, 0.6) is 5.75 Å². The third-order valence-corrected chi connectivity index (χ3v) is 7.39. The van der Waals surface area contributed by atoms with Crippen molar-refractivity contribution in [1.29, 1.82) is 0 Å². The summed E-state index contributed by atoms with van der Waals surface area (Å²) in [7, 11) is -4.05. The molecule has 0 heterocycles. The molecule has 0 saturated carbocycles. The fourth-order valence-corrected chi connectivity index (χ4v) is 4.53. The van der Waals surface area contributed by atoms with Gasteiger partial charge in [0.05, 0.1) is 11.5 Å². The number of nitro groups is 1. The maximum atomic E-state index is 12.7. The van der Waals surface area contributed by atoms with Gasteiger partial charge in [-0.15, -0.1) is 6.42 Å². The van der Waals surface area contributed by atoms with Crippen LogP contribution in [0.15, 0.2) is 82.7 Å². The second kappa shape index (κ2) is 15.7. The van der Waals surface area contributed by atoms with Crippen molar-refractivity contribution in [3.63, 3.8) is 0 Å². The number of hydrogen-bond acceptors (Lipinski definition) is 8. The quantitative estimate of drug-likeness (QED) is 0.0791. The lowest BCUT2D eigenvalue weighted by Crippen LogP contribution is -2.29. The van der Waals surface area contributed by atoms with Gasteiger partial charge in [-0.05, 0) is 47.8 Å². The Balaban J connectivity index is 2.00. The van der Waals surface area contributed by atoms with E-state index in [1.807, 2.05) is 24.1 Å². The monoisotopic (exact) mass is 598 g/mol. The second-order valence-electron chi connectivity index (χ2n) is 10.3. The predicted molar refractivity (Wildman–Crippen MR) is 161 cm³/mol. The van der Waals surface area contributed by atoms with Gasteiger partial charge < -0.3 is 14.2 Å². The smallest absolute Gasteiger partial charge is 0.347 e. The molecule has 42 heavy (non-hydrogen) atoms. The average molecular weight is 599 g/mol. The van der Waals surface area contributed by atoms with Crippen molar-refractivity contribution in [2.45, 2.75) is 53.6 Å². The lowest BCUT2D eigenvalue weighted by atomic mass is 9.86. The summed E-state index contributed by atoms with van der Waals surface area (Å²) >= 11 is 0. The maximum absolute atomic E-state index is 12.7. The molecule has 1 N–H and O–H groups in total. The zero-order chi connectivity index (χ0) is 31.3. The van der Waals surface area contributed by atoms with Crippen LogP contribution >= 0.6 is 0 Å². The summed E-state index contributed by atoms with van der Waals surface area (Å²) in [4.78, 5) is 22.3. The van der Waals surface area contributed by atoms with E-state index in [9.17, 15) is 23.3 Å². The number of rotatable bonds is 14. The lowest BCUT2D eigenvalue weighted by molar-refractivity contribution is -0.424. The first kappa shape index (κ1) is 34.1. The minimum Gasteiger partial charge on any atom is -0.492 e. The van der Waals surface area contributed by atoms with Gasteiger partial charge in [-0.25, -0.2) is 17.9 Å². The number of carbonyl (C=O) groups excluding carboxylic acids is 1. The summed E-state index contributed by atoms with van der Waals surface area (Å²) in [5.41, 5.74) is 1.70. The summed E-state index contributed by atoms with van der Waals surface area (Å²) in [6.07, 6.45) is 15.3. The fraction of sp³-hybridized carbons (Fsp3) is 0.387. The summed E-state index contributed by atoms with van der Waals surface area (Å²) < 4.78 is 44.1. The molecule has 1 aliphatic rings. The number of terminal acetylenes is 1. The normalized spacial score (nSPS) is 15.0. The first-order valence-electron chi connectivity index (χ1n) is 13.4. The number of benzene rings is 1. The maximum Gasteiger partial charge on any atom is 0.347 e. The van der Waals surface area contributed by atoms with E-state index in [2.05, 4.69) is 31.6 Å². The molecule has 1 aromatic carbocycles. The predicted octanol–water partition coefficient (Wildman–Crippen LogP) is 4.99. The van der Waals surface area contributed by atoms with Crippen LogP contribution in [0.3, 0.4) is 0 Å². The van der Waals surface area contributed by atoms with E-state index in [1.165, 1.54) is 6.92 Å². The lowest BCUT2D eigenvalue weighted by Gasteiger charge is -2.19. The Bertz CT molecular complexity index is 1420. The van der Waals surface area contributed by atoms with Crippen molar-refractivity contribution in [3.05, 3.63) is 98.3 Å². The van der Waals surface area contributed by atoms with E-state index in [-0.39, 0.29) is 37.3 Å². The van der Waals surface area contributed by atoms with E-state index in [1.54, 1.807) is 31.2 Å². The van der Waals surface area contributed by atoms with Crippen molar-refractivity contribution >= 4 is 16.0 Å². The van der Waals surface area contributed by atoms with Gasteiger partial charge in [-0.2, -0.15) is 0 Å². The van der Waals surface area contributed by atoms with Crippen LogP contribution in [-0.2, 0) is 30.7 Å². The Morgan fingerprint density at radius 1 is 1.21 bits per heavy atom. The fourth-order valence-electron chi connectivity index (χ4n) is 3.62. The minimum atomic E-state index is -4.05. The molecule has 0 spiro atoms. The van der Waals surface area contributed by atoms with Gasteiger partial charge in [0.1, 0.15) is 23.0 Å². The number of allylic oxidation sites excluding steroid dienone is 9. The van der Waals surface area contributed by atoms with Gasteiger partial charge in [0.15, 0.2) is 6.10 Å². The molecule has 1 aliphatic carbocycles. The van der Waals surface area contributed by atoms with Crippen molar-refractivity contribution in [2.24, 2.45) is 5.41 Å². The largest absolute Gasteiger partial charge is 0.492 e. The van der Waals surface area contributed by atoms with Crippen molar-refractivity contribution in [3.8, 4) is 18.1 Å². The molecule has 0 bridgehead atoms. The zero-order valence-electron chi connectivity index (χ0n) is 24.6. The van der Waals surface area contributed by atoms with Crippen LogP contribution in [0.2, 0.25) is 0 Å². The summed E-state index contributed by atoms with van der Waals surface area (Å²) in [6, 6.07) is 6.99. The van der Waals surface area contributed by atoms with Gasteiger partial charge in [0.2, 0.25) is 15.7 Å². The van der Waals surface area contributed by atoms with Crippen LogP contribution in [0.25, 0.3) is 0 Å². The molecule has 10 nitrogen and oxygen atoms in total. The summed E-state index contributed by atoms with van der Waals surface area (Å²) in [6.45, 7) is 9.50. The first-order valence-corrected chi connectivity index (χ1v) is 14.9. The first-order chi connectivity index (χ1) is 19.8. The topological polar surface area (TPSA) is 134 Å². The van der Waals surface area contributed by atoms with Gasteiger partial charge in [0.25, 0.3) is 0 Å². The van der Waals surface area contributed by atoms with Gasteiger partial charge >= 0.3 is 5.97 Å². The molecular weight excluding hydrogens is 560 g/mol. The molecule has 0 unspecified atom stereocenters. The van der Waals surface area contributed by atoms with Gasteiger partial charge in [-0.1, -0.05) is 57.1 Å². The Morgan fingerprint density at radius 2 is 1.90 bits per heavy atom. The van der Waals surface area contributed by atoms with Gasteiger partial charge in [-0.3, -0.25) is 10.1 Å². The highest BCUT2D eigenvalue weighted by atomic mass is 32.2. The van der Waals surface area contributed by atoms with Crippen LogP contribution < -0.4 is 9.46 Å². The Labute approximate surface area is 248 Å². The van der Waals surface area contributed by atoms with Crippen LogP contribution in [0.1, 0.15) is 46.6 Å². The molecule has 226 valence electrons. The van der Waals surface area contributed by atoms with Crippen molar-refractivity contribution in [1.82, 2.24) is 4.72 Å². The molecule has 11 heteroatoms. The Morgan fingerprint density at radius 3 is 2.50 bits per heavy atom. The molecule has 0 saturated heterocycles. The van der Waals surface area contributed by atoms with E-state index < -0.39 is 31.9 Å². The average Bonchev–Trinajstić information content (AvgIpc) is 3.17. The number of ether oxygens (including phenoxy) is 3. The van der Waals surface area contributed by atoms with Crippen molar-refractivity contribution < 1.29 is 32.3 Å². The number of hydrogen-bond donors (Lipinski definition) is 1. The van der Waals surface area contributed by atoms with Crippen LogP contribution in [0, 0.1) is 27.9 Å². The molecule has 0 amide bonds. The zero-order valence-corrected chi connectivity index (χ0v) is 25.4. The Hall–Kier alpha value is -4.14. The summed E-state index contributed by atoms with van der Waals surface area (Å²) in [5.74, 6) is 2.72. The molecule has 1 aromatic rings. The molecular formula is C31H38N2O8S. The number of esters is 1. The SMILES string of the molecule is C#C/C(=C\C=C(/C)[N+](=O)[O-])S(=O)(=O)NCCOc1ccc(C[C@H](OC2=CC=C(C(C)(C)C)C=CC2)C(=O)OCC)cc1. The van der Waals surface area contributed by atoms with Crippen LogP contribution in [0.4, 0.5) is 0 Å². The van der Waals surface area contributed by atoms with Crippen molar-refractivity contribution in [2.75, 3.05) is 19.8 Å². The molecule has 0 fully saturated rings. The third-order valence-electron chi connectivity index (χ3n) is 5.98. The highest BCUT2D eigenvalue weighted by Gasteiger charge is 2.24. The highest BCUT2D eigenvalue weighted by molar-refractivity contribution is 7.93. The Kier molecular flexibility index (Phi) is 12.8. The number of carbonyl (C=O) groups is 1. The van der Waals surface area contributed by atoms with E-state index >= 15 is 0 Å². The van der Waals surface area contributed by atoms with Gasteiger partial charge in [0, 0.05) is 32.4 Å². The molecule has 0 aromatic heterocycles. The number of nitrogens with zero attached hydrogens (tertiary/aromatic N) is 1. The second-order valence-corrected chi connectivity index (χ2v) is 12.0. The van der Waals surface area contributed by atoms with E-state index in [0.717, 1.165) is 23.3 Å². The molecule has 0 aliphatic heterocycles. The highest BCUT2D eigenvalue weighted by Crippen LogP contribution is 2.29. The third kappa shape index (κ3) is 11.0. The molecule has 0 radical (unpaired) electrons. The van der Waals surface area contributed by atoms with E-state index in [4.69, 9.17) is 20.6 Å². The molecule has 2 rings (SSSR count). The van der Waals surface area contributed by atoms with E-state index in [0.29, 0.717) is 17.9 Å². The standard InChI is InChI=1S/C31H38N2O8S/c1-7-28(19-12-23(3)33(35)36)42(37,38)32-20-21-40-26-16-13-24(14-17-26)22-29(30(34)39-8-2)41-27-11-9-10-25(15-18-27)31(4,5)6/h1,9-10,12-19,29,32H,8,11,20-22H2,2-6H3/b23-12+,28-19+/t29-/m0/s1. The molecule has 1 atom stereocenters. The minimum absolute atomic E-state index is 0.000495.